The molecule has 9 nitrogen and oxygen atoms in total. The first kappa shape index (κ1) is 27.6. The Morgan fingerprint density at radius 3 is 2.53 bits per heavy atom. The van der Waals surface area contributed by atoms with Gasteiger partial charge in [0.2, 0.25) is 5.91 Å². The summed E-state index contributed by atoms with van der Waals surface area (Å²) in [4.78, 5) is 26.2. The number of amides is 1. The smallest absolute Gasteiger partial charge is 0.341 e. The number of carbonyl (C=O) groups excluding carboxylic acids is 2. The van der Waals surface area contributed by atoms with Gasteiger partial charge in [-0.1, -0.05) is 35.5 Å². The van der Waals surface area contributed by atoms with Crippen LogP contribution in [-0.4, -0.2) is 47.4 Å². The standard InChI is InChI=1S/C24H28N4O5S3/c1-6-12-28-19(14-36(31,32)18-10-8-15(3)9-11-18)26-27-24(28)34-13-20(29)25-22-21(23(30)33-7-2)16(4)17(5)35-22/h6,8-11H,1,7,12-14H2,2-5H3,(H,25,29). The molecule has 0 aliphatic heterocycles. The molecule has 0 saturated heterocycles. The van der Waals surface area contributed by atoms with Crippen molar-refractivity contribution in [1.82, 2.24) is 14.8 Å². The van der Waals surface area contributed by atoms with Crippen LogP contribution in [0.5, 0.6) is 0 Å². The number of allylic oxidation sites excluding steroid dienone is 1. The van der Waals surface area contributed by atoms with Crippen LogP contribution >= 0.6 is 23.1 Å². The number of hydrogen-bond donors (Lipinski definition) is 1. The molecule has 1 N–H and O–H groups in total. The minimum atomic E-state index is -3.64. The highest BCUT2D eigenvalue weighted by molar-refractivity contribution is 7.99. The van der Waals surface area contributed by atoms with E-state index in [1.807, 2.05) is 20.8 Å². The number of carbonyl (C=O) groups is 2. The number of thiophene rings is 1. The molecule has 0 atom stereocenters. The summed E-state index contributed by atoms with van der Waals surface area (Å²) in [5.74, 6) is -0.910. The zero-order chi connectivity index (χ0) is 26.5. The van der Waals surface area contributed by atoms with Crippen molar-refractivity contribution in [1.29, 1.82) is 0 Å². The van der Waals surface area contributed by atoms with Gasteiger partial charge in [0, 0.05) is 11.4 Å². The molecule has 0 spiro atoms. The van der Waals surface area contributed by atoms with E-state index in [9.17, 15) is 18.0 Å². The first-order valence-corrected chi connectivity index (χ1v) is 14.5. The minimum Gasteiger partial charge on any atom is -0.462 e. The molecule has 3 rings (SSSR count). The van der Waals surface area contributed by atoms with Crippen molar-refractivity contribution in [3.05, 3.63) is 64.3 Å². The maximum Gasteiger partial charge on any atom is 0.341 e. The molecule has 1 amide bonds. The van der Waals surface area contributed by atoms with E-state index in [0.29, 0.717) is 15.7 Å². The maximum absolute atomic E-state index is 12.9. The van der Waals surface area contributed by atoms with Gasteiger partial charge in [-0.2, -0.15) is 0 Å². The van der Waals surface area contributed by atoms with E-state index in [2.05, 4.69) is 22.1 Å². The fourth-order valence-electron chi connectivity index (χ4n) is 3.30. The van der Waals surface area contributed by atoms with Crippen LogP contribution in [0.25, 0.3) is 0 Å². The Kier molecular flexibility index (Phi) is 9.09. The summed E-state index contributed by atoms with van der Waals surface area (Å²) in [5.41, 5.74) is 2.09. The van der Waals surface area contributed by atoms with Crippen molar-refractivity contribution in [3.8, 4) is 0 Å². The molecule has 0 aliphatic carbocycles. The number of aryl methyl sites for hydroxylation is 2. The average molecular weight is 549 g/mol. The Hall–Kier alpha value is -2.96. The van der Waals surface area contributed by atoms with Crippen molar-refractivity contribution in [2.24, 2.45) is 0 Å². The Labute approximate surface area is 218 Å². The van der Waals surface area contributed by atoms with Gasteiger partial charge in [0.15, 0.2) is 15.0 Å². The normalized spacial score (nSPS) is 11.3. The second kappa shape index (κ2) is 11.8. The van der Waals surface area contributed by atoms with Crippen LogP contribution in [0.4, 0.5) is 5.00 Å². The van der Waals surface area contributed by atoms with Crippen LogP contribution in [-0.2, 0) is 31.7 Å². The molecule has 12 heteroatoms. The van der Waals surface area contributed by atoms with Crippen molar-refractivity contribution in [2.45, 2.75) is 50.0 Å². The zero-order valence-electron chi connectivity index (χ0n) is 20.5. The summed E-state index contributed by atoms with van der Waals surface area (Å²) in [6.07, 6.45) is 1.61. The van der Waals surface area contributed by atoms with Gasteiger partial charge in [-0.3, -0.25) is 4.79 Å². The van der Waals surface area contributed by atoms with Crippen molar-refractivity contribution >= 4 is 49.8 Å². The Bertz CT molecular complexity index is 1380. The van der Waals surface area contributed by atoms with Gasteiger partial charge < -0.3 is 14.6 Å². The maximum atomic E-state index is 12.9. The fraction of sp³-hybridized carbons (Fsp3) is 0.333. The molecule has 36 heavy (non-hydrogen) atoms. The second-order valence-electron chi connectivity index (χ2n) is 7.91. The van der Waals surface area contributed by atoms with E-state index >= 15 is 0 Å². The highest BCUT2D eigenvalue weighted by Gasteiger charge is 2.24. The van der Waals surface area contributed by atoms with Crippen LogP contribution in [0, 0.1) is 20.8 Å². The topological polar surface area (TPSA) is 120 Å². The van der Waals surface area contributed by atoms with E-state index < -0.39 is 15.8 Å². The Morgan fingerprint density at radius 1 is 1.19 bits per heavy atom. The summed E-state index contributed by atoms with van der Waals surface area (Å²) in [5, 5.41) is 11.8. The quantitative estimate of drug-likeness (QED) is 0.214. The average Bonchev–Trinajstić information content (AvgIpc) is 3.32. The van der Waals surface area contributed by atoms with Gasteiger partial charge in [0.05, 0.1) is 22.8 Å². The highest BCUT2D eigenvalue weighted by Crippen LogP contribution is 2.33. The zero-order valence-corrected chi connectivity index (χ0v) is 23.0. The van der Waals surface area contributed by atoms with Gasteiger partial charge in [-0.25, -0.2) is 13.2 Å². The van der Waals surface area contributed by atoms with E-state index in [-0.39, 0.29) is 41.3 Å². The second-order valence-corrected chi connectivity index (χ2v) is 12.1. The molecule has 0 saturated carbocycles. The number of aromatic nitrogens is 3. The van der Waals surface area contributed by atoms with Crippen LogP contribution in [0.3, 0.4) is 0 Å². The molecule has 0 unspecified atom stereocenters. The van der Waals surface area contributed by atoms with Gasteiger partial charge in [-0.05, 0) is 45.4 Å². The third-order valence-corrected chi connectivity index (χ3v) is 8.97. The molecule has 1 aromatic carbocycles. The molecule has 0 aliphatic rings. The van der Waals surface area contributed by atoms with Crippen LogP contribution in [0.2, 0.25) is 0 Å². The van der Waals surface area contributed by atoms with Crippen LogP contribution in [0.1, 0.15) is 39.1 Å². The molecule has 3 aromatic rings. The third-order valence-electron chi connectivity index (χ3n) is 5.25. The van der Waals surface area contributed by atoms with Crippen LogP contribution in [0.15, 0.2) is 47.0 Å². The van der Waals surface area contributed by atoms with E-state index in [1.165, 1.54) is 11.3 Å². The molecule has 192 valence electrons. The number of rotatable bonds is 11. The minimum absolute atomic E-state index is 0.0156. The summed E-state index contributed by atoms with van der Waals surface area (Å²) in [6.45, 7) is 11.5. The van der Waals surface area contributed by atoms with Crippen molar-refractivity contribution in [3.63, 3.8) is 0 Å². The van der Waals surface area contributed by atoms with Gasteiger partial charge >= 0.3 is 5.97 Å². The summed E-state index contributed by atoms with van der Waals surface area (Å²) in [6, 6.07) is 6.62. The van der Waals surface area contributed by atoms with Crippen LogP contribution < -0.4 is 5.32 Å². The van der Waals surface area contributed by atoms with Gasteiger partial charge in [0.25, 0.3) is 0 Å². The molecular weight excluding hydrogens is 520 g/mol. The number of ether oxygens (including phenoxy) is 1. The first-order valence-electron chi connectivity index (χ1n) is 11.1. The fourth-order valence-corrected chi connectivity index (χ4v) is 6.40. The Balaban J connectivity index is 1.74. The molecule has 0 radical (unpaired) electrons. The molecule has 2 aromatic heterocycles. The molecule has 0 bridgehead atoms. The summed E-state index contributed by atoms with van der Waals surface area (Å²) < 4.78 is 32.5. The van der Waals surface area contributed by atoms with E-state index in [0.717, 1.165) is 27.8 Å². The lowest BCUT2D eigenvalue weighted by Gasteiger charge is -2.09. The largest absolute Gasteiger partial charge is 0.462 e. The lowest BCUT2D eigenvalue weighted by atomic mass is 10.1. The Morgan fingerprint density at radius 2 is 1.89 bits per heavy atom. The number of sulfone groups is 1. The number of nitrogens with zero attached hydrogens (tertiary/aromatic N) is 3. The third kappa shape index (κ3) is 6.42. The number of anilines is 1. The number of nitrogens with one attached hydrogen (secondary N) is 1. The van der Waals surface area contributed by atoms with Gasteiger partial charge in [-0.15, -0.1) is 28.1 Å². The molecular formula is C24H28N4O5S3. The van der Waals surface area contributed by atoms with Gasteiger partial charge in [0.1, 0.15) is 16.6 Å². The SMILES string of the molecule is C=CCn1c(CS(=O)(=O)c2ccc(C)cc2)nnc1SCC(=O)Nc1sc(C)c(C)c1C(=O)OCC. The number of esters is 1. The number of hydrogen-bond acceptors (Lipinski definition) is 9. The lowest BCUT2D eigenvalue weighted by Crippen LogP contribution is -2.17. The first-order chi connectivity index (χ1) is 17.1. The summed E-state index contributed by atoms with van der Waals surface area (Å²) in [7, 11) is -3.64. The molecule has 2 heterocycles. The number of thioether (sulfide) groups is 1. The summed E-state index contributed by atoms with van der Waals surface area (Å²) >= 11 is 2.43. The van der Waals surface area contributed by atoms with Crippen molar-refractivity contribution in [2.75, 3.05) is 17.7 Å². The lowest BCUT2D eigenvalue weighted by molar-refractivity contribution is -0.113. The molecule has 0 fully saturated rings. The predicted molar refractivity (Wildman–Crippen MR) is 141 cm³/mol. The number of benzene rings is 1. The van der Waals surface area contributed by atoms with E-state index in [1.54, 1.807) is 41.8 Å². The highest BCUT2D eigenvalue weighted by atomic mass is 32.2. The van der Waals surface area contributed by atoms with Crippen molar-refractivity contribution < 1.29 is 22.7 Å². The van der Waals surface area contributed by atoms with E-state index in [4.69, 9.17) is 4.74 Å². The predicted octanol–water partition coefficient (Wildman–Crippen LogP) is 4.33. The monoisotopic (exact) mass is 548 g/mol.